The predicted octanol–water partition coefficient (Wildman–Crippen LogP) is 8.16. The highest BCUT2D eigenvalue weighted by Crippen LogP contribution is 2.50. The van der Waals surface area contributed by atoms with Crippen LogP contribution >= 0.6 is 0 Å². The van der Waals surface area contributed by atoms with Gasteiger partial charge >= 0.3 is 35.8 Å². The number of esters is 6. The zero-order valence-corrected chi connectivity index (χ0v) is 35.9. The van der Waals surface area contributed by atoms with Crippen LogP contribution in [0.5, 0.6) is 0 Å². The molecule has 7 rings (SSSR count). The predicted molar refractivity (Wildman–Crippen MR) is 238 cm³/mol. The molecule has 1 fully saturated rings. The van der Waals surface area contributed by atoms with Crippen molar-refractivity contribution in [2.75, 3.05) is 0 Å². The van der Waals surface area contributed by atoms with Crippen LogP contribution in [0.25, 0.3) is 0 Å². The maximum atomic E-state index is 15.0. The molecular weight excluding hydrogens is 841 g/mol. The molecule has 1 aliphatic carbocycles. The van der Waals surface area contributed by atoms with Crippen molar-refractivity contribution in [1.29, 1.82) is 0 Å². The maximum absolute atomic E-state index is 15.0. The molecule has 0 amide bonds. The number of hydrogen-bond donors (Lipinski definition) is 0. The van der Waals surface area contributed by atoms with E-state index in [4.69, 9.17) is 28.4 Å². The second-order valence-electron chi connectivity index (χ2n) is 15.7. The molecule has 1 saturated carbocycles. The van der Waals surface area contributed by atoms with E-state index in [0.29, 0.717) is 33.4 Å². The minimum atomic E-state index is -1.97. The molecular formula is C54H48O12. The van der Waals surface area contributed by atoms with E-state index in [0.717, 1.165) is 0 Å². The van der Waals surface area contributed by atoms with Gasteiger partial charge in [0.05, 0.1) is 35.5 Å². The highest BCUT2D eigenvalue weighted by molar-refractivity contribution is 5.98. The summed E-state index contributed by atoms with van der Waals surface area (Å²) in [7, 11) is 0. The number of rotatable bonds is 18. The molecule has 1 aliphatic rings. The Morgan fingerprint density at radius 1 is 0.227 bits per heavy atom. The summed E-state index contributed by atoms with van der Waals surface area (Å²) in [6, 6.07) is 52.0. The van der Waals surface area contributed by atoms with Gasteiger partial charge in [0.2, 0.25) is 0 Å². The summed E-state index contributed by atoms with van der Waals surface area (Å²) in [5.41, 5.74) is 3.38. The van der Waals surface area contributed by atoms with Crippen molar-refractivity contribution in [2.24, 2.45) is 35.5 Å². The summed E-state index contributed by atoms with van der Waals surface area (Å²) in [5, 5.41) is 0. The lowest BCUT2D eigenvalue weighted by atomic mass is 9.56. The Hall–Kier alpha value is -7.86. The van der Waals surface area contributed by atoms with E-state index in [1.807, 2.05) is 0 Å². The van der Waals surface area contributed by atoms with Gasteiger partial charge in [-0.1, -0.05) is 182 Å². The molecule has 0 spiro atoms. The number of benzene rings is 6. The highest BCUT2D eigenvalue weighted by atomic mass is 16.6. The third-order valence-corrected chi connectivity index (χ3v) is 11.3. The molecule has 0 bridgehead atoms. The van der Waals surface area contributed by atoms with Gasteiger partial charge in [0.1, 0.15) is 39.6 Å². The first kappa shape index (κ1) is 46.1. The Kier molecular flexibility index (Phi) is 16.2. The fraction of sp³-hybridized carbons (Fsp3) is 0.222. The number of carbonyl (C=O) groups excluding carboxylic acids is 6. The molecule has 66 heavy (non-hydrogen) atoms. The molecule has 336 valence electrons. The smallest absolute Gasteiger partial charge is 0.311 e. The van der Waals surface area contributed by atoms with Gasteiger partial charge in [0.15, 0.2) is 0 Å². The number of ether oxygens (including phenoxy) is 6. The van der Waals surface area contributed by atoms with E-state index in [-0.39, 0.29) is 39.6 Å². The van der Waals surface area contributed by atoms with Crippen LogP contribution in [0.4, 0.5) is 0 Å². The van der Waals surface area contributed by atoms with Crippen molar-refractivity contribution in [2.45, 2.75) is 39.6 Å². The van der Waals surface area contributed by atoms with Crippen molar-refractivity contribution in [3.05, 3.63) is 215 Å². The number of hydrogen-bond acceptors (Lipinski definition) is 12. The van der Waals surface area contributed by atoms with E-state index in [2.05, 4.69) is 0 Å². The zero-order valence-electron chi connectivity index (χ0n) is 35.9. The van der Waals surface area contributed by atoms with E-state index in [1.54, 1.807) is 182 Å². The van der Waals surface area contributed by atoms with Gasteiger partial charge in [-0.15, -0.1) is 0 Å². The van der Waals surface area contributed by atoms with Gasteiger partial charge in [-0.25, -0.2) is 0 Å². The van der Waals surface area contributed by atoms with Gasteiger partial charge in [0, 0.05) is 0 Å². The van der Waals surface area contributed by atoms with Crippen LogP contribution < -0.4 is 0 Å². The lowest BCUT2D eigenvalue weighted by Gasteiger charge is -2.45. The molecule has 0 aromatic heterocycles. The Morgan fingerprint density at radius 3 is 0.470 bits per heavy atom. The first-order valence-electron chi connectivity index (χ1n) is 21.5. The van der Waals surface area contributed by atoms with Crippen molar-refractivity contribution in [3.63, 3.8) is 0 Å². The lowest BCUT2D eigenvalue weighted by Crippen LogP contribution is -2.61. The van der Waals surface area contributed by atoms with Crippen LogP contribution in [0, 0.1) is 35.5 Å². The molecule has 6 aromatic rings. The van der Waals surface area contributed by atoms with Crippen LogP contribution in [-0.4, -0.2) is 35.8 Å². The highest BCUT2D eigenvalue weighted by Gasteiger charge is 2.66. The van der Waals surface area contributed by atoms with Crippen molar-refractivity contribution >= 4 is 35.8 Å². The minimum Gasteiger partial charge on any atom is -0.461 e. The second kappa shape index (κ2) is 23.2. The van der Waals surface area contributed by atoms with Gasteiger partial charge in [-0.3, -0.25) is 28.8 Å². The molecule has 6 aromatic carbocycles. The van der Waals surface area contributed by atoms with Gasteiger partial charge in [-0.05, 0) is 33.4 Å². The summed E-state index contributed by atoms with van der Waals surface area (Å²) < 4.78 is 35.4. The zero-order chi connectivity index (χ0) is 46.1. The van der Waals surface area contributed by atoms with Crippen LogP contribution in [0.3, 0.4) is 0 Å². The minimum absolute atomic E-state index is 0.317. The average molecular weight is 889 g/mol. The molecule has 12 nitrogen and oxygen atoms in total. The number of carbonyl (C=O) groups is 6. The van der Waals surface area contributed by atoms with Gasteiger partial charge in [0.25, 0.3) is 0 Å². The van der Waals surface area contributed by atoms with Crippen LogP contribution in [-0.2, 0) is 96.8 Å². The average Bonchev–Trinajstić information content (AvgIpc) is 3.37. The molecule has 0 saturated heterocycles. The van der Waals surface area contributed by atoms with Gasteiger partial charge in [-0.2, -0.15) is 0 Å². The Morgan fingerprint density at radius 2 is 0.348 bits per heavy atom. The second-order valence-corrected chi connectivity index (χ2v) is 15.7. The molecule has 0 radical (unpaired) electrons. The molecule has 0 unspecified atom stereocenters. The van der Waals surface area contributed by atoms with E-state index < -0.39 is 71.3 Å². The normalized spacial score (nSPS) is 18.7. The fourth-order valence-electron chi connectivity index (χ4n) is 8.05. The third kappa shape index (κ3) is 12.2. The summed E-state index contributed by atoms with van der Waals surface area (Å²) in [6.45, 7) is -1.90. The van der Waals surface area contributed by atoms with Crippen molar-refractivity contribution < 1.29 is 57.2 Å². The summed E-state index contributed by atoms with van der Waals surface area (Å²) >= 11 is 0. The topological polar surface area (TPSA) is 158 Å². The van der Waals surface area contributed by atoms with E-state index in [9.17, 15) is 28.8 Å². The largest absolute Gasteiger partial charge is 0.461 e. The van der Waals surface area contributed by atoms with Crippen LogP contribution in [0.1, 0.15) is 33.4 Å². The molecule has 0 heterocycles. The lowest BCUT2D eigenvalue weighted by molar-refractivity contribution is -0.202. The first-order chi connectivity index (χ1) is 32.3. The van der Waals surface area contributed by atoms with E-state index in [1.165, 1.54) is 0 Å². The van der Waals surface area contributed by atoms with Crippen LogP contribution in [0.2, 0.25) is 0 Å². The standard InChI is InChI=1S/C54H48O12/c55-49(61-31-37-19-7-1-8-20-37)43-44(50(56)62-32-38-21-9-2-10-22-38)46(52(58)64-34-40-25-13-4-14-26-40)48(54(60)66-36-42-29-17-6-18-30-42)47(53(59)65-35-41-27-15-5-16-28-41)45(43)51(57)63-33-39-23-11-3-12-24-39/h1-30,43-48H,31-36H2. The molecule has 12 heteroatoms. The summed E-state index contributed by atoms with van der Waals surface area (Å²) in [5.74, 6) is -18.7. The Balaban J connectivity index is 1.38. The molecule has 0 aliphatic heterocycles. The summed E-state index contributed by atoms with van der Waals surface area (Å²) in [4.78, 5) is 89.8. The fourth-order valence-corrected chi connectivity index (χ4v) is 8.05. The molecule has 0 N–H and O–H groups in total. The summed E-state index contributed by atoms with van der Waals surface area (Å²) in [6.07, 6.45) is 0. The first-order valence-corrected chi connectivity index (χ1v) is 21.5. The third-order valence-electron chi connectivity index (χ3n) is 11.3. The van der Waals surface area contributed by atoms with Crippen molar-refractivity contribution in [3.8, 4) is 0 Å². The van der Waals surface area contributed by atoms with Gasteiger partial charge < -0.3 is 28.4 Å². The maximum Gasteiger partial charge on any atom is 0.311 e. The van der Waals surface area contributed by atoms with E-state index >= 15 is 0 Å². The van der Waals surface area contributed by atoms with Crippen molar-refractivity contribution in [1.82, 2.24) is 0 Å². The SMILES string of the molecule is O=C(OCc1ccccc1)C1C(C(=O)OCc2ccccc2)C(C(=O)OCc2ccccc2)C(C(=O)OCc2ccccc2)C(C(=O)OCc2ccccc2)C1C(=O)OCc1ccccc1. The molecule has 0 atom stereocenters. The van der Waals surface area contributed by atoms with Crippen LogP contribution in [0.15, 0.2) is 182 Å². The Labute approximate surface area is 382 Å². The quantitative estimate of drug-likeness (QED) is 0.0604. The monoisotopic (exact) mass is 888 g/mol. The Bertz CT molecular complexity index is 2050.